The van der Waals surface area contributed by atoms with Crippen LogP contribution in [0.2, 0.25) is 0 Å². The Hall–Kier alpha value is -2.05. The molecule has 0 saturated heterocycles. The second-order valence-corrected chi connectivity index (χ2v) is 8.72. The summed E-state index contributed by atoms with van der Waals surface area (Å²) in [5.74, 6) is 0.955. The van der Waals surface area contributed by atoms with Gasteiger partial charge in [-0.1, -0.05) is 59.3 Å². The predicted octanol–water partition coefficient (Wildman–Crippen LogP) is 5.60. The number of benzene rings is 2. The third-order valence-corrected chi connectivity index (χ3v) is 6.20. The second-order valence-electron chi connectivity index (χ2n) is 7.87. The molecule has 1 amide bonds. The summed E-state index contributed by atoms with van der Waals surface area (Å²) in [7, 11) is 1.62. The van der Waals surface area contributed by atoms with Crippen molar-refractivity contribution in [1.29, 1.82) is 0 Å². The van der Waals surface area contributed by atoms with E-state index in [2.05, 4.69) is 26.6 Å². The van der Waals surface area contributed by atoms with Crippen molar-refractivity contribution in [2.24, 2.45) is 0 Å². The summed E-state index contributed by atoms with van der Waals surface area (Å²) in [4.78, 5) is 12.2. The Morgan fingerprint density at radius 3 is 2.43 bits per heavy atom. The quantitative estimate of drug-likeness (QED) is 0.489. The highest BCUT2D eigenvalue weighted by atomic mass is 79.9. The number of rotatable bonds is 8. The molecule has 0 spiro atoms. The SMILES string of the molecule is COc1cc(CNC2CCCCCC2)c(Br)cc1OCC(=O)Nc1ccc(C)cc1. The molecule has 2 aromatic rings. The monoisotopic (exact) mass is 474 g/mol. The average Bonchev–Trinajstić information content (AvgIpc) is 3.02. The Bertz CT molecular complexity index is 831. The molecule has 2 N–H and O–H groups in total. The smallest absolute Gasteiger partial charge is 0.262 e. The fourth-order valence-corrected chi connectivity index (χ4v) is 4.16. The number of ether oxygens (including phenoxy) is 2. The number of hydrogen-bond acceptors (Lipinski definition) is 4. The largest absolute Gasteiger partial charge is 0.493 e. The van der Waals surface area contributed by atoms with Gasteiger partial charge in [-0.15, -0.1) is 0 Å². The van der Waals surface area contributed by atoms with Gasteiger partial charge in [-0.05, 0) is 49.6 Å². The van der Waals surface area contributed by atoms with Gasteiger partial charge in [0.1, 0.15) is 0 Å². The van der Waals surface area contributed by atoms with Gasteiger partial charge in [0.25, 0.3) is 5.91 Å². The summed E-state index contributed by atoms with van der Waals surface area (Å²) in [6.45, 7) is 2.70. The van der Waals surface area contributed by atoms with Crippen molar-refractivity contribution in [3.63, 3.8) is 0 Å². The topological polar surface area (TPSA) is 59.6 Å². The van der Waals surface area contributed by atoms with Crippen molar-refractivity contribution < 1.29 is 14.3 Å². The number of carbonyl (C=O) groups excluding carboxylic acids is 1. The number of nitrogens with one attached hydrogen (secondary N) is 2. The fourth-order valence-electron chi connectivity index (χ4n) is 3.70. The van der Waals surface area contributed by atoms with Crippen molar-refractivity contribution in [3.8, 4) is 11.5 Å². The first-order valence-electron chi connectivity index (χ1n) is 10.6. The number of anilines is 1. The minimum Gasteiger partial charge on any atom is -0.493 e. The standard InChI is InChI=1S/C24H31BrN2O3/c1-17-9-11-20(12-10-17)27-24(28)16-30-23-14-21(25)18(13-22(23)29-2)15-26-19-7-5-3-4-6-8-19/h9-14,19,26H,3-8,15-16H2,1-2H3,(H,27,28). The fraction of sp³-hybridized carbons (Fsp3) is 0.458. The Labute approximate surface area is 187 Å². The van der Waals surface area contributed by atoms with Crippen LogP contribution in [0.25, 0.3) is 0 Å². The third kappa shape index (κ3) is 6.74. The average molecular weight is 475 g/mol. The van der Waals surface area contributed by atoms with Crippen LogP contribution in [0.15, 0.2) is 40.9 Å². The number of carbonyl (C=O) groups is 1. The van der Waals surface area contributed by atoms with Crippen LogP contribution in [0.4, 0.5) is 5.69 Å². The van der Waals surface area contributed by atoms with Crippen LogP contribution in [0.3, 0.4) is 0 Å². The van der Waals surface area contributed by atoms with Crippen LogP contribution < -0.4 is 20.1 Å². The Kier molecular flexibility index (Phi) is 8.58. The minimum absolute atomic E-state index is 0.0870. The van der Waals surface area contributed by atoms with E-state index in [9.17, 15) is 4.79 Å². The predicted molar refractivity (Wildman–Crippen MR) is 124 cm³/mol. The maximum Gasteiger partial charge on any atom is 0.262 e. The maximum atomic E-state index is 12.2. The first-order chi connectivity index (χ1) is 14.5. The lowest BCUT2D eigenvalue weighted by Crippen LogP contribution is -2.28. The number of methoxy groups -OCH3 is 1. The van der Waals surface area contributed by atoms with Crippen molar-refractivity contribution in [2.45, 2.75) is 58.0 Å². The highest BCUT2D eigenvalue weighted by Crippen LogP contribution is 2.34. The highest BCUT2D eigenvalue weighted by Gasteiger charge is 2.15. The van der Waals surface area contributed by atoms with E-state index in [0.717, 1.165) is 27.8 Å². The van der Waals surface area contributed by atoms with Crippen LogP contribution in [-0.4, -0.2) is 25.7 Å². The molecule has 30 heavy (non-hydrogen) atoms. The van der Waals surface area contributed by atoms with Crippen LogP contribution in [0.5, 0.6) is 11.5 Å². The van der Waals surface area contributed by atoms with Crippen LogP contribution in [0, 0.1) is 6.92 Å². The van der Waals surface area contributed by atoms with Gasteiger partial charge in [0.15, 0.2) is 18.1 Å². The van der Waals surface area contributed by atoms with Crippen LogP contribution in [-0.2, 0) is 11.3 Å². The maximum absolute atomic E-state index is 12.2. The molecule has 6 heteroatoms. The zero-order valence-corrected chi connectivity index (χ0v) is 19.4. The molecular formula is C24H31BrN2O3. The normalized spacial score (nSPS) is 14.8. The molecule has 0 bridgehead atoms. The summed E-state index contributed by atoms with van der Waals surface area (Å²) in [6.07, 6.45) is 7.79. The van der Waals surface area contributed by atoms with E-state index in [-0.39, 0.29) is 12.5 Å². The molecule has 0 atom stereocenters. The second kappa shape index (κ2) is 11.4. The molecule has 0 aliphatic heterocycles. The van der Waals surface area contributed by atoms with E-state index in [4.69, 9.17) is 9.47 Å². The van der Waals surface area contributed by atoms with Gasteiger partial charge in [-0.25, -0.2) is 0 Å². The van der Waals surface area contributed by atoms with E-state index in [1.807, 2.05) is 43.3 Å². The first-order valence-corrected chi connectivity index (χ1v) is 11.4. The van der Waals surface area contributed by atoms with Gasteiger partial charge in [0.2, 0.25) is 0 Å². The van der Waals surface area contributed by atoms with Gasteiger partial charge < -0.3 is 20.1 Å². The van der Waals surface area contributed by atoms with Crippen molar-refractivity contribution in [2.75, 3.05) is 19.0 Å². The van der Waals surface area contributed by atoms with E-state index in [1.165, 1.54) is 38.5 Å². The van der Waals surface area contributed by atoms with Crippen molar-refractivity contribution in [1.82, 2.24) is 5.32 Å². The number of aryl methyl sites for hydroxylation is 1. The van der Waals surface area contributed by atoms with Gasteiger partial charge >= 0.3 is 0 Å². The molecule has 1 saturated carbocycles. The first kappa shape index (κ1) is 22.6. The van der Waals surface area contributed by atoms with Crippen LogP contribution in [0.1, 0.15) is 49.7 Å². The van der Waals surface area contributed by atoms with Crippen molar-refractivity contribution >= 4 is 27.5 Å². The molecule has 1 aliphatic carbocycles. The minimum atomic E-state index is -0.212. The summed E-state index contributed by atoms with van der Waals surface area (Å²) < 4.78 is 12.2. The molecule has 1 aliphatic rings. The summed E-state index contributed by atoms with van der Waals surface area (Å²) in [6, 6.07) is 12.1. The molecule has 2 aromatic carbocycles. The Morgan fingerprint density at radius 2 is 1.77 bits per heavy atom. The zero-order valence-electron chi connectivity index (χ0n) is 17.8. The van der Waals surface area contributed by atoms with E-state index in [0.29, 0.717) is 17.5 Å². The lowest BCUT2D eigenvalue weighted by atomic mass is 10.1. The van der Waals surface area contributed by atoms with Gasteiger partial charge in [-0.2, -0.15) is 0 Å². The molecular weight excluding hydrogens is 444 g/mol. The van der Waals surface area contributed by atoms with E-state index >= 15 is 0 Å². The zero-order chi connectivity index (χ0) is 21.3. The lowest BCUT2D eigenvalue weighted by Gasteiger charge is -2.18. The Balaban J connectivity index is 1.57. The van der Waals surface area contributed by atoms with E-state index in [1.54, 1.807) is 7.11 Å². The molecule has 162 valence electrons. The van der Waals surface area contributed by atoms with Crippen molar-refractivity contribution in [3.05, 3.63) is 52.0 Å². The molecule has 3 rings (SSSR count). The third-order valence-electron chi connectivity index (χ3n) is 5.46. The Morgan fingerprint density at radius 1 is 1.07 bits per heavy atom. The molecule has 0 radical (unpaired) electrons. The number of amides is 1. The van der Waals surface area contributed by atoms with Gasteiger partial charge in [0, 0.05) is 22.7 Å². The molecule has 0 aromatic heterocycles. The highest BCUT2D eigenvalue weighted by molar-refractivity contribution is 9.10. The molecule has 5 nitrogen and oxygen atoms in total. The summed E-state index contributed by atoms with van der Waals surface area (Å²) in [5, 5.41) is 6.52. The number of hydrogen-bond donors (Lipinski definition) is 2. The molecule has 0 unspecified atom stereocenters. The van der Waals surface area contributed by atoms with Gasteiger partial charge in [-0.3, -0.25) is 4.79 Å². The van der Waals surface area contributed by atoms with E-state index < -0.39 is 0 Å². The van der Waals surface area contributed by atoms with Gasteiger partial charge in [0.05, 0.1) is 7.11 Å². The summed E-state index contributed by atoms with van der Waals surface area (Å²) >= 11 is 3.64. The molecule has 0 heterocycles. The summed E-state index contributed by atoms with van der Waals surface area (Å²) in [5.41, 5.74) is 3.02. The molecule has 1 fully saturated rings. The number of halogens is 1. The van der Waals surface area contributed by atoms with Crippen LogP contribution >= 0.6 is 15.9 Å². The lowest BCUT2D eigenvalue weighted by molar-refractivity contribution is -0.118.